The van der Waals surface area contributed by atoms with Crippen molar-refractivity contribution in [2.24, 2.45) is 0 Å². The van der Waals surface area contributed by atoms with Gasteiger partial charge in [-0.15, -0.1) is 0 Å². The molecular weight excluding hydrogens is 424 g/mol. The number of alkyl carbamates (subject to hydrolysis) is 1. The third-order valence-corrected chi connectivity index (χ3v) is 4.91. The van der Waals surface area contributed by atoms with Crippen LogP contribution < -0.4 is 10.6 Å². The van der Waals surface area contributed by atoms with Gasteiger partial charge in [-0.05, 0) is 24.1 Å². The van der Waals surface area contributed by atoms with Gasteiger partial charge in [0.25, 0.3) is 0 Å². The third-order valence-electron chi connectivity index (χ3n) is 4.91. The number of hydrogen-bond acceptors (Lipinski definition) is 6. The van der Waals surface area contributed by atoms with Gasteiger partial charge in [0.05, 0.1) is 13.7 Å². The summed E-state index contributed by atoms with van der Waals surface area (Å²) < 4.78 is 15.5. The van der Waals surface area contributed by atoms with Crippen molar-refractivity contribution in [1.82, 2.24) is 10.6 Å². The maximum absolute atomic E-state index is 12.9. The molecule has 2 amide bonds. The zero-order valence-electron chi connectivity index (χ0n) is 18.5. The third kappa shape index (κ3) is 6.96. The van der Waals surface area contributed by atoms with Gasteiger partial charge in [-0.2, -0.15) is 0 Å². The zero-order valence-corrected chi connectivity index (χ0v) is 18.5. The molecule has 0 aliphatic heterocycles. The minimum atomic E-state index is -0.869. The van der Waals surface area contributed by atoms with Crippen LogP contribution in [0.3, 0.4) is 0 Å². The first-order chi connectivity index (χ1) is 16.0. The van der Waals surface area contributed by atoms with Crippen LogP contribution in [0, 0.1) is 6.92 Å². The van der Waals surface area contributed by atoms with Gasteiger partial charge in [-0.25, -0.2) is 9.59 Å². The Hall–Kier alpha value is -4.07. The van der Waals surface area contributed by atoms with E-state index < -0.39 is 24.0 Å². The maximum atomic E-state index is 12.9. The number of esters is 1. The lowest BCUT2D eigenvalue weighted by Crippen LogP contribution is -2.48. The minimum Gasteiger partial charge on any atom is -0.465 e. The predicted molar refractivity (Wildman–Crippen MR) is 120 cm³/mol. The Morgan fingerprint density at radius 3 is 2.24 bits per heavy atom. The van der Waals surface area contributed by atoms with Crippen LogP contribution in [0.4, 0.5) is 4.79 Å². The summed E-state index contributed by atoms with van der Waals surface area (Å²) in [5.41, 5.74) is 2.01. The first-order valence-electron chi connectivity index (χ1n) is 10.4. The molecule has 3 rings (SSSR count). The molecule has 0 aliphatic carbocycles. The van der Waals surface area contributed by atoms with Gasteiger partial charge in [0.1, 0.15) is 29.7 Å². The number of ether oxygens (including phenoxy) is 2. The van der Waals surface area contributed by atoms with Crippen LogP contribution in [0.1, 0.15) is 33.0 Å². The molecule has 0 bridgehead atoms. The number of furan rings is 1. The number of rotatable bonds is 9. The van der Waals surface area contributed by atoms with E-state index in [1.807, 2.05) is 60.7 Å². The highest BCUT2D eigenvalue weighted by Crippen LogP contribution is 2.15. The fraction of sp³-hybridized carbons (Fsp3) is 0.240. The molecule has 0 fully saturated rings. The first kappa shape index (κ1) is 23.6. The van der Waals surface area contributed by atoms with Gasteiger partial charge in [0.15, 0.2) is 0 Å². The topological polar surface area (TPSA) is 107 Å². The molecule has 8 heteroatoms. The molecule has 0 saturated heterocycles. The Morgan fingerprint density at radius 1 is 0.970 bits per heavy atom. The molecule has 33 heavy (non-hydrogen) atoms. The van der Waals surface area contributed by atoms with Crippen molar-refractivity contribution in [3.8, 4) is 0 Å². The Labute approximate surface area is 191 Å². The normalized spacial score (nSPS) is 11.3. The fourth-order valence-electron chi connectivity index (χ4n) is 3.21. The van der Waals surface area contributed by atoms with Crippen molar-refractivity contribution in [3.63, 3.8) is 0 Å². The number of benzene rings is 2. The first-order valence-corrected chi connectivity index (χ1v) is 10.4. The molecule has 1 atom stereocenters. The van der Waals surface area contributed by atoms with Crippen molar-refractivity contribution in [3.05, 3.63) is 94.9 Å². The average Bonchev–Trinajstić information content (AvgIpc) is 3.22. The summed E-state index contributed by atoms with van der Waals surface area (Å²) in [5, 5.41) is 5.38. The Bertz CT molecular complexity index is 1080. The van der Waals surface area contributed by atoms with Gasteiger partial charge in [0, 0.05) is 6.42 Å². The maximum Gasteiger partial charge on any atom is 0.408 e. The number of methoxy groups -OCH3 is 1. The van der Waals surface area contributed by atoms with Gasteiger partial charge in [-0.1, -0.05) is 60.7 Å². The molecule has 0 saturated carbocycles. The van der Waals surface area contributed by atoms with Crippen LogP contribution >= 0.6 is 0 Å². The highest BCUT2D eigenvalue weighted by molar-refractivity contribution is 5.90. The van der Waals surface area contributed by atoms with Gasteiger partial charge < -0.3 is 24.5 Å². The lowest BCUT2D eigenvalue weighted by atomic mass is 10.1. The lowest BCUT2D eigenvalue weighted by Gasteiger charge is -2.18. The fourth-order valence-corrected chi connectivity index (χ4v) is 3.21. The van der Waals surface area contributed by atoms with E-state index in [0.29, 0.717) is 17.1 Å². The summed E-state index contributed by atoms with van der Waals surface area (Å²) in [6.07, 6.45) is -0.422. The molecule has 0 spiro atoms. The monoisotopic (exact) mass is 450 g/mol. The number of carbonyl (C=O) groups is 3. The molecule has 2 aromatic carbocycles. The summed E-state index contributed by atoms with van der Waals surface area (Å²) >= 11 is 0. The van der Waals surface area contributed by atoms with E-state index in [9.17, 15) is 14.4 Å². The number of amides is 2. The van der Waals surface area contributed by atoms with Crippen molar-refractivity contribution < 1.29 is 28.3 Å². The highest BCUT2D eigenvalue weighted by Gasteiger charge is 2.23. The Kier molecular flexibility index (Phi) is 8.24. The second-order valence-electron chi connectivity index (χ2n) is 7.34. The van der Waals surface area contributed by atoms with E-state index in [1.165, 1.54) is 13.2 Å². The quantitative estimate of drug-likeness (QED) is 0.483. The largest absolute Gasteiger partial charge is 0.465 e. The summed E-state index contributed by atoms with van der Waals surface area (Å²) in [6, 6.07) is 19.2. The van der Waals surface area contributed by atoms with Crippen molar-refractivity contribution >= 4 is 18.0 Å². The average molecular weight is 450 g/mol. The number of carbonyl (C=O) groups excluding carboxylic acids is 3. The van der Waals surface area contributed by atoms with E-state index in [2.05, 4.69) is 10.6 Å². The van der Waals surface area contributed by atoms with Crippen molar-refractivity contribution in [2.75, 3.05) is 7.11 Å². The van der Waals surface area contributed by atoms with Gasteiger partial charge in [-0.3, -0.25) is 4.79 Å². The van der Waals surface area contributed by atoms with Gasteiger partial charge >= 0.3 is 12.1 Å². The summed E-state index contributed by atoms with van der Waals surface area (Å²) in [5.74, 6) is -0.135. The second kappa shape index (κ2) is 11.5. The van der Waals surface area contributed by atoms with Crippen LogP contribution in [-0.2, 0) is 33.8 Å². The van der Waals surface area contributed by atoms with E-state index in [4.69, 9.17) is 13.9 Å². The molecule has 1 heterocycles. The smallest absolute Gasteiger partial charge is 0.408 e. The zero-order chi connectivity index (χ0) is 23.6. The van der Waals surface area contributed by atoms with Gasteiger partial charge in [0.2, 0.25) is 5.91 Å². The van der Waals surface area contributed by atoms with Crippen LogP contribution in [-0.4, -0.2) is 31.1 Å². The summed E-state index contributed by atoms with van der Waals surface area (Å²) in [6.45, 7) is 1.77. The minimum absolute atomic E-state index is 0.0443. The molecule has 172 valence electrons. The second-order valence-corrected chi connectivity index (χ2v) is 7.34. The number of aryl methyl sites for hydroxylation is 1. The van der Waals surface area contributed by atoms with Crippen LogP contribution in [0.25, 0.3) is 0 Å². The number of nitrogens with one attached hydrogen (secondary N) is 2. The van der Waals surface area contributed by atoms with Crippen LogP contribution in [0.5, 0.6) is 0 Å². The molecule has 0 radical (unpaired) electrons. The lowest BCUT2D eigenvalue weighted by molar-refractivity contribution is -0.123. The molecule has 8 nitrogen and oxygen atoms in total. The van der Waals surface area contributed by atoms with E-state index in [-0.39, 0.29) is 19.6 Å². The van der Waals surface area contributed by atoms with Crippen LogP contribution in [0.15, 0.2) is 71.1 Å². The summed E-state index contributed by atoms with van der Waals surface area (Å²) in [7, 11) is 1.28. The van der Waals surface area contributed by atoms with E-state index >= 15 is 0 Å². The SMILES string of the molecule is COC(=O)c1cc(CNC(=O)[C@H](Cc2ccccc2)NC(=O)OCc2ccccc2)oc1C. The summed E-state index contributed by atoms with van der Waals surface area (Å²) in [4.78, 5) is 37.0. The van der Waals surface area contributed by atoms with Crippen LogP contribution in [0.2, 0.25) is 0 Å². The molecular formula is C25H26N2O6. The molecule has 0 aliphatic rings. The number of hydrogen-bond donors (Lipinski definition) is 2. The van der Waals surface area contributed by atoms with Crippen molar-refractivity contribution in [1.29, 1.82) is 0 Å². The Morgan fingerprint density at radius 2 is 1.61 bits per heavy atom. The predicted octanol–water partition coefficient (Wildman–Crippen LogP) is 3.53. The Balaban J connectivity index is 1.63. The van der Waals surface area contributed by atoms with E-state index in [0.717, 1.165) is 11.1 Å². The molecule has 2 N–H and O–H groups in total. The molecule has 1 aromatic heterocycles. The van der Waals surface area contributed by atoms with Crippen molar-refractivity contribution in [2.45, 2.75) is 32.5 Å². The highest BCUT2D eigenvalue weighted by atomic mass is 16.5. The molecule has 3 aromatic rings. The standard InChI is InChI=1S/C25H26N2O6/c1-17-21(24(29)31-2)14-20(33-17)15-26-23(28)22(13-18-9-5-3-6-10-18)27-25(30)32-16-19-11-7-4-8-12-19/h3-12,14,22H,13,15-16H2,1-2H3,(H,26,28)(H,27,30)/t22-/m0/s1. The van der Waals surface area contributed by atoms with E-state index in [1.54, 1.807) is 6.92 Å². The molecule has 0 unspecified atom stereocenters.